The average molecular weight is 1810 g/mol. The number of aromatic nitrogens is 6. The first kappa shape index (κ1) is 91.1. The van der Waals surface area contributed by atoms with Crippen LogP contribution in [-0.4, -0.2) is 191 Å². The maximum absolute atomic E-state index is 13.5. The zero-order valence-corrected chi connectivity index (χ0v) is 79.8. The fourth-order valence-corrected chi connectivity index (χ4v) is 26.2. The second-order valence-corrected chi connectivity index (χ2v) is 43.0. The van der Waals surface area contributed by atoms with E-state index in [4.69, 9.17) is 25.4 Å². The van der Waals surface area contributed by atoms with E-state index < -0.39 is 21.7 Å². The molecule has 3 amide bonds. The van der Waals surface area contributed by atoms with Crippen molar-refractivity contribution in [1.82, 2.24) is 58.1 Å². The molecular weight excluding hydrogens is 1670 g/mol. The molecule has 3 aromatic heterocycles. The topological polar surface area (TPSA) is 218 Å². The van der Waals surface area contributed by atoms with Crippen molar-refractivity contribution in [3.63, 3.8) is 0 Å². The van der Waals surface area contributed by atoms with Gasteiger partial charge in [-0.2, -0.15) is 0 Å². The van der Waals surface area contributed by atoms with Crippen molar-refractivity contribution in [3.8, 4) is 0 Å². The molecule has 9 aliphatic heterocycles. The van der Waals surface area contributed by atoms with E-state index in [9.17, 15) is 22.8 Å². The Morgan fingerprint density at radius 3 is 1.11 bits per heavy atom. The molecule has 9 saturated heterocycles. The number of nitrogens with one attached hydrogen (secondary N) is 2. The molecule has 9 aromatic carbocycles. The Morgan fingerprint density at radius 1 is 0.406 bits per heavy atom. The number of hydrogen-bond donors (Lipinski definition) is 3. The number of ether oxygens (including phenoxy) is 1. The molecule has 0 radical (unpaired) electrons. The summed E-state index contributed by atoms with van der Waals surface area (Å²) in [7, 11) is -3.42. The van der Waals surface area contributed by atoms with Crippen LogP contribution in [0.4, 0.5) is 21.9 Å². The number of benzene rings is 9. The summed E-state index contributed by atoms with van der Waals surface area (Å²) in [5.74, 6) is 3.48. The highest BCUT2D eigenvalue weighted by molar-refractivity contribution is 7.92. The van der Waals surface area contributed by atoms with Crippen LogP contribution in [0.25, 0.3) is 33.1 Å². The van der Waals surface area contributed by atoms with E-state index in [1.807, 2.05) is 60.9 Å². The maximum atomic E-state index is 13.5. The summed E-state index contributed by atoms with van der Waals surface area (Å²) in [4.78, 5) is 68.9. The monoisotopic (exact) mass is 1810 g/mol. The summed E-state index contributed by atoms with van der Waals surface area (Å²) in [6.07, 6.45) is 25.3. The number of nitrogens with zero attached hydrogens (tertiary/aromatic N) is 12. The molecule has 12 aromatic rings. The number of carbonyl (C=O) groups excluding carboxylic acids is 3. The Kier molecular flexibility index (Phi) is 26.6. The minimum absolute atomic E-state index is 0.0190. The van der Waals surface area contributed by atoms with Crippen LogP contribution in [0, 0.1) is 20.8 Å². The normalized spacial score (nSPS) is 23.5. The first-order chi connectivity index (χ1) is 64.3. The Morgan fingerprint density at radius 2 is 0.744 bits per heavy atom. The van der Waals surface area contributed by atoms with E-state index in [0.29, 0.717) is 90.0 Å². The van der Waals surface area contributed by atoms with Gasteiger partial charge in [-0.15, -0.1) is 0 Å². The highest BCUT2D eigenvalue weighted by Gasteiger charge is 2.49. The predicted molar refractivity (Wildman–Crippen MR) is 534 cm³/mol. The Balaban J connectivity index is 0.000000129. The largest absolute Gasteiger partial charge is 0.444 e. The lowest BCUT2D eigenvalue weighted by atomic mass is 9.70. The molecule has 12 heterocycles. The average Bonchev–Trinajstić information content (AvgIpc) is 1.68. The lowest BCUT2D eigenvalue weighted by molar-refractivity contribution is 0.0599. The summed E-state index contributed by atoms with van der Waals surface area (Å²) >= 11 is 0. The summed E-state index contributed by atoms with van der Waals surface area (Å²) < 4.78 is 39.0. The Bertz CT molecular complexity index is 6160. The van der Waals surface area contributed by atoms with Crippen LogP contribution in [0.2, 0.25) is 0 Å². The van der Waals surface area contributed by atoms with Crippen molar-refractivity contribution >= 4 is 78.1 Å². The molecule has 6 bridgehead atoms. The van der Waals surface area contributed by atoms with E-state index in [-0.39, 0.29) is 28.1 Å². The molecule has 3 unspecified atom stereocenters. The van der Waals surface area contributed by atoms with Gasteiger partial charge in [0.1, 0.15) is 23.1 Å². The van der Waals surface area contributed by atoms with Crippen molar-refractivity contribution in [2.24, 2.45) is 0 Å². The molecule has 0 saturated carbocycles. The van der Waals surface area contributed by atoms with Crippen LogP contribution in [0.5, 0.6) is 0 Å². The number of sulfonamides is 1. The quantitative estimate of drug-likeness (QED) is 0.0538. The van der Waals surface area contributed by atoms with Gasteiger partial charge in [0.15, 0.2) is 0 Å². The van der Waals surface area contributed by atoms with Gasteiger partial charge >= 0.3 is 6.09 Å². The standard InChI is InChI=1S/C40H51N5O2.C36H43N5O3S.C35H41N5O/c1-29-41-36-15-8-9-16-37(36)45(29)35-26-33-17-18-34(27-35)44(33)24-21-40(31-12-6-5-7-13-31)19-22-43(23-20-40)28-30-11-10-14-32(25-30)42-38(46)47-39(2,3)4;1-26-37-33-13-6-7-14-34(33)41(26)32-24-30-15-16-31(25-32)40(30)22-19-36(28-10-4-3-5-11-28)17-20-39(21-18-36)35(42)27-9-8-12-29(23-27)38-45(2,43)44;1-25-37-32-12-5-6-13-33(32)40(25)31-23-29-14-15-30(24-31)39(29)21-18-35(27-9-3-2-4-10-27)16-19-38(20-17-35)34(41)26-8-7-11-28(36)22-26/h5-16,25,33-35H,17-24,26-28H2,1-4H3,(H,42,46);3-14,23,30-32,38H,15-22,24-25H2,1-2H3;2-13,22,29-31H,14-21,23-24,36H2,1H3/t33-,34+,35?;30-,31+,32?;29-,30+,31?. The lowest BCUT2D eigenvalue weighted by Crippen LogP contribution is -2.49. The number of anilines is 3. The number of para-hydroxylation sites is 6. The summed E-state index contributed by atoms with van der Waals surface area (Å²) in [5.41, 5.74) is 21.5. The van der Waals surface area contributed by atoms with Crippen molar-refractivity contribution in [1.29, 1.82) is 0 Å². The minimum atomic E-state index is -3.42. The van der Waals surface area contributed by atoms with Gasteiger partial charge in [0, 0.05) is 115 Å². The Hall–Kier alpha value is -11.0. The summed E-state index contributed by atoms with van der Waals surface area (Å²) in [5, 5.41) is 2.90. The zero-order valence-electron chi connectivity index (χ0n) is 78.9. The first-order valence-electron chi connectivity index (χ1n) is 49.4. The number of carbonyl (C=O) groups is 3. The second kappa shape index (κ2) is 38.8. The van der Waals surface area contributed by atoms with Gasteiger partial charge < -0.3 is 34.0 Å². The third-order valence-corrected chi connectivity index (χ3v) is 32.7. The van der Waals surface area contributed by atoms with E-state index in [2.05, 4.69) is 240 Å². The number of aryl methyl sites for hydroxylation is 3. The molecule has 4 N–H and O–H groups in total. The smallest absolute Gasteiger partial charge is 0.412 e. The molecule has 0 spiro atoms. The van der Waals surface area contributed by atoms with Gasteiger partial charge in [0.2, 0.25) is 10.0 Å². The zero-order chi connectivity index (χ0) is 91.8. The van der Waals surface area contributed by atoms with Crippen molar-refractivity contribution in [2.75, 3.05) is 80.9 Å². The fraction of sp³-hybridized carbons (Fsp3) is 0.459. The molecule has 9 atom stereocenters. The number of imidazole rings is 3. The summed E-state index contributed by atoms with van der Waals surface area (Å²) in [6, 6.07) is 86.8. The maximum Gasteiger partial charge on any atom is 0.412 e. The SMILES string of the molecule is Cc1nc2ccccc2n1C1C[C@H]2CC[C@@H](C1)N2CCC1(c2ccccc2)CCN(C(=O)c2cccc(N)c2)CC1.Cc1nc2ccccc2n1C1C[C@H]2CC[C@@H](C1)N2CCC1(c2ccccc2)CCN(C(=O)c2cccc(NS(C)(=O)=O)c2)CC1.Cc1nc2ccccc2n1C1C[C@H]2CC[C@@H](C1)N2CCC1(c2ccccc2)CCN(Cc2cccc(NC(=O)OC(C)(C)C)c2)CC1. The lowest BCUT2D eigenvalue weighted by Gasteiger charge is -2.46. The third kappa shape index (κ3) is 20.0. The molecule has 22 heteroatoms. The van der Waals surface area contributed by atoms with Gasteiger partial charge in [0.25, 0.3) is 11.8 Å². The number of nitrogen functional groups attached to an aromatic ring is 1. The highest BCUT2D eigenvalue weighted by atomic mass is 32.2. The van der Waals surface area contributed by atoms with Crippen molar-refractivity contribution < 1.29 is 27.5 Å². The molecule has 9 aliphatic rings. The number of fused-ring (bicyclic) bond motifs is 9. The number of nitrogens with two attached hydrogens (primary N) is 1. The van der Waals surface area contributed by atoms with E-state index in [1.165, 1.54) is 142 Å². The number of likely N-dealkylation sites (tertiary alicyclic amines) is 3. The van der Waals surface area contributed by atoms with E-state index in [0.717, 1.165) is 130 Å². The van der Waals surface area contributed by atoms with E-state index in [1.54, 1.807) is 30.3 Å². The first-order valence-corrected chi connectivity index (χ1v) is 51.3. The van der Waals surface area contributed by atoms with Gasteiger partial charge in [-0.1, -0.05) is 152 Å². The van der Waals surface area contributed by atoms with Gasteiger partial charge in [-0.25, -0.2) is 28.2 Å². The molecule has 9 fully saturated rings. The molecule has 0 aliphatic carbocycles. The van der Waals surface area contributed by atoms with Crippen molar-refractivity contribution in [2.45, 2.75) is 259 Å². The van der Waals surface area contributed by atoms with E-state index >= 15 is 0 Å². The number of amides is 3. The second-order valence-electron chi connectivity index (χ2n) is 41.3. The molecule has 133 heavy (non-hydrogen) atoms. The van der Waals surface area contributed by atoms with Crippen LogP contribution < -0.4 is 15.8 Å². The van der Waals surface area contributed by atoms with Crippen molar-refractivity contribution in [3.05, 3.63) is 287 Å². The number of hydrogen-bond acceptors (Lipinski definition) is 14. The van der Waals surface area contributed by atoms with Gasteiger partial charge in [-0.05, 0) is 333 Å². The molecule has 696 valence electrons. The van der Waals surface area contributed by atoms with Crippen LogP contribution in [0.1, 0.15) is 234 Å². The molecule has 21 nitrogen and oxygen atoms in total. The van der Waals surface area contributed by atoms with Crippen LogP contribution >= 0.6 is 0 Å². The Labute approximate surface area is 786 Å². The van der Waals surface area contributed by atoms with Gasteiger partial charge in [0.05, 0.1) is 39.4 Å². The number of piperidine rings is 6. The molecular formula is C111H135N15O6S. The highest BCUT2D eigenvalue weighted by Crippen LogP contribution is 2.51. The van der Waals surface area contributed by atoms with Crippen LogP contribution in [0.3, 0.4) is 0 Å². The van der Waals surface area contributed by atoms with Crippen LogP contribution in [-0.2, 0) is 37.5 Å². The minimum Gasteiger partial charge on any atom is -0.444 e. The van der Waals surface area contributed by atoms with Gasteiger partial charge in [-0.3, -0.25) is 39.2 Å². The molecule has 21 rings (SSSR count). The predicted octanol–water partition coefficient (Wildman–Crippen LogP) is 21.0. The number of rotatable bonds is 22. The van der Waals surface area contributed by atoms with Crippen LogP contribution in [0.15, 0.2) is 237 Å². The fourth-order valence-electron chi connectivity index (χ4n) is 25.6. The third-order valence-electron chi connectivity index (χ3n) is 32.0. The summed E-state index contributed by atoms with van der Waals surface area (Å²) in [6.45, 7) is 21.5.